The van der Waals surface area contributed by atoms with E-state index < -0.39 is 5.56 Å². The monoisotopic (exact) mass is 378 g/mol. The van der Waals surface area contributed by atoms with E-state index in [0.717, 1.165) is 32.4 Å². The summed E-state index contributed by atoms with van der Waals surface area (Å²) in [6, 6.07) is 12.2. The minimum Gasteiger partial charge on any atom is -0.335 e. The van der Waals surface area contributed by atoms with Crippen molar-refractivity contribution in [2.24, 2.45) is 0 Å². The summed E-state index contributed by atoms with van der Waals surface area (Å²) in [4.78, 5) is 32.0. The molecule has 6 nitrogen and oxygen atoms in total. The third-order valence-electron chi connectivity index (χ3n) is 5.57. The average Bonchev–Trinajstić information content (AvgIpc) is 2.70. The quantitative estimate of drug-likeness (QED) is 0.866. The van der Waals surface area contributed by atoms with Crippen LogP contribution in [0.15, 0.2) is 41.3 Å². The zero-order valence-electron chi connectivity index (χ0n) is 16.4. The molecule has 146 valence electrons. The Hall–Kier alpha value is -2.91. The Kier molecular flexibility index (Phi) is 6.27. The second-order valence-electron chi connectivity index (χ2n) is 7.41. The highest BCUT2D eigenvalue weighted by Crippen LogP contribution is 2.21. The van der Waals surface area contributed by atoms with Crippen molar-refractivity contribution in [2.45, 2.75) is 32.2 Å². The molecule has 1 aliphatic rings. The molecule has 1 aromatic heterocycles. The Labute approximate surface area is 165 Å². The molecule has 28 heavy (non-hydrogen) atoms. The zero-order chi connectivity index (χ0) is 20.1. The summed E-state index contributed by atoms with van der Waals surface area (Å²) in [7, 11) is 2.09. The topological polar surface area (TPSA) is 80.2 Å². The number of likely N-dealkylation sites (tertiary alicyclic amines) is 1. The van der Waals surface area contributed by atoms with Crippen molar-refractivity contribution in [3.63, 3.8) is 0 Å². The fourth-order valence-corrected chi connectivity index (χ4v) is 3.79. The van der Waals surface area contributed by atoms with Gasteiger partial charge in [0.05, 0.1) is 5.56 Å². The molecule has 2 heterocycles. The van der Waals surface area contributed by atoms with Crippen molar-refractivity contribution in [2.75, 3.05) is 26.7 Å². The number of amides is 1. The molecule has 2 aromatic rings. The fraction of sp³-hybridized carbons (Fsp3) is 0.409. The molecule has 0 saturated carbocycles. The standard InChI is InChI=1S/C22H26N4O2/c1-16-19(14-23)21(27)24-15-20(16)22(28)26(18-9-11-25(2)12-10-18)13-8-17-6-4-3-5-7-17/h3-7,15,18H,8-13H2,1-2H3,(H,24,27). The van der Waals surface area contributed by atoms with Crippen LogP contribution in [-0.4, -0.2) is 53.4 Å². The number of nitriles is 1. The average molecular weight is 378 g/mol. The van der Waals surface area contributed by atoms with Gasteiger partial charge in [0.15, 0.2) is 0 Å². The van der Waals surface area contributed by atoms with Crippen molar-refractivity contribution in [3.05, 3.63) is 69.1 Å². The minimum absolute atomic E-state index is 0.0113. The van der Waals surface area contributed by atoms with Crippen LogP contribution in [0.1, 0.15) is 39.9 Å². The van der Waals surface area contributed by atoms with Crippen LogP contribution >= 0.6 is 0 Å². The van der Waals surface area contributed by atoms with Crippen molar-refractivity contribution in [1.29, 1.82) is 5.26 Å². The number of carbonyl (C=O) groups excluding carboxylic acids is 1. The van der Waals surface area contributed by atoms with Gasteiger partial charge in [-0.1, -0.05) is 30.3 Å². The summed E-state index contributed by atoms with van der Waals surface area (Å²) in [6.07, 6.45) is 4.06. The predicted octanol–water partition coefficient (Wildman–Crippen LogP) is 2.33. The lowest BCUT2D eigenvalue weighted by molar-refractivity contribution is 0.0593. The van der Waals surface area contributed by atoms with Gasteiger partial charge in [0.25, 0.3) is 11.5 Å². The molecular formula is C22H26N4O2. The molecular weight excluding hydrogens is 352 g/mol. The van der Waals surface area contributed by atoms with E-state index in [1.54, 1.807) is 6.92 Å². The Balaban J connectivity index is 1.88. The summed E-state index contributed by atoms with van der Waals surface area (Å²) < 4.78 is 0. The molecule has 1 saturated heterocycles. The molecule has 6 heteroatoms. The van der Waals surface area contributed by atoms with E-state index >= 15 is 0 Å². The normalized spacial score (nSPS) is 15.2. The van der Waals surface area contributed by atoms with Gasteiger partial charge in [0.1, 0.15) is 11.6 Å². The lowest BCUT2D eigenvalue weighted by Crippen LogP contribution is -2.47. The maximum absolute atomic E-state index is 13.4. The third-order valence-corrected chi connectivity index (χ3v) is 5.57. The first-order valence-electron chi connectivity index (χ1n) is 9.67. The van der Waals surface area contributed by atoms with E-state index in [-0.39, 0.29) is 17.5 Å². The minimum atomic E-state index is -0.452. The number of hydrogen-bond acceptors (Lipinski definition) is 4. The molecule has 1 amide bonds. The first-order chi connectivity index (χ1) is 13.5. The smallest absolute Gasteiger partial charge is 0.266 e. The number of aromatic nitrogens is 1. The largest absolute Gasteiger partial charge is 0.335 e. The highest BCUT2D eigenvalue weighted by molar-refractivity contribution is 5.96. The van der Waals surface area contributed by atoms with E-state index in [2.05, 4.69) is 29.1 Å². The van der Waals surface area contributed by atoms with Gasteiger partial charge in [-0.25, -0.2) is 0 Å². The number of piperidine rings is 1. The van der Waals surface area contributed by atoms with Gasteiger partial charge in [0, 0.05) is 18.8 Å². The summed E-state index contributed by atoms with van der Waals surface area (Å²) in [6.45, 7) is 4.18. The highest BCUT2D eigenvalue weighted by Gasteiger charge is 2.29. The molecule has 0 unspecified atom stereocenters. The van der Waals surface area contributed by atoms with Gasteiger partial charge in [-0.2, -0.15) is 5.26 Å². The van der Waals surface area contributed by atoms with E-state index in [4.69, 9.17) is 0 Å². The van der Waals surface area contributed by atoms with Crippen LogP contribution in [-0.2, 0) is 6.42 Å². The van der Waals surface area contributed by atoms with Crippen LogP contribution in [0.2, 0.25) is 0 Å². The SMILES string of the molecule is Cc1c(C(=O)N(CCc2ccccc2)C2CCN(C)CC2)c[nH]c(=O)c1C#N. The summed E-state index contributed by atoms with van der Waals surface area (Å²) >= 11 is 0. The van der Waals surface area contributed by atoms with Gasteiger partial charge in [-0.15, -0.1) is 0 Å². The third kappa shape index (κ3) is 4.32. The van der Waals surface area contributed by atoms with Crippen LogP contribution in [0, 0.1) is 18.3 Å². The Morgan fingerprint density at radius 3 is 2.61 bits per heavy atom. The molecule has 1 N–H and O–H groups in total. The molecule has 0 atom stereocenters. The van der Waals surface area contributed by atoms with E-state index in [1.165, 1.54) is 11.8 Å². The number of pyridine rings is 1. The number of nitrogens with zero attached hydrogens (tertiary/aromatic N) is 3. The number of carbonyl (C=O) groups is 1. The maximum atomic E-state index is 13.4. The first kappa shape index (κ1) is 19.8. The number of benzene rings is 1. The zero-order valence-corrected chi connectivity index (χ0v) is 16.4. The predicted molar refractivity (Wildman–Crippen MR) is 108 cm³/mol. The molecule has 1 aromatic carbocycles. The Bertz CT molecular complexity index is 922. The van der Waals surface area contributed by atoms with Gasteiger partial charge in [-0.3, -0.25) is 9.59 Å². The van der Waals surface area contributed by atoms with Crippen molar-refractivity contribution < 1.29 is 4.79 Å². The van der Waals surface area contributed by atoms with Crippen LogP contribution in [0.5, 0.6) is 0 Å². The summed E-state index contributed by atoms with van der Waals surface area (Å²) in [5.74, 6) is -0.115. The second-order valence-corrected chi connectivity index (χ2v) is 7.41. The molecule has 0 radical (unpaired) electrons. The molecule has 3 rings (SSSR count). The summed E-state index contributed by atoms with van der Waals surface area (Å²) in [5.41, 5.74) is 1.60. The van der Waals surface area contributed by atoms with E-state index in [0.29, 0.717) is 17.7 Å². The fourth-order valence-electron chi connectivity index (χ4n) is 3.79. The number of nitrogens with one attached hydrogen (secondary N) is 1. The lowest BCUT2D eigenvalue weighted by atomic mass is 9.99. The first-order valence-corrected chi connectivity index (χ1v) is 9.67. The van der Waals surface area contributed by atoms with E-state index in [1.807, 2.05) is 29.2 Å². The highest BCUT2D eigenvalue weighted by atomic mass is 16.2. The maximum Gasteiger partial charge on any atom is 0.266 e. The van der Waals surface area contributed by atoms with Gasteiger partial charge < -0.3 is 14.8 Å². The van der Waals surface area contributed by atoms with Crippen LogP contribution in [0.25, 0.3) is 0 Å². The Morgan fingerprint density at radius 1 is 1.29 bits per heavy atom. The van der Waals surface area contributed by atoms with E-state index in [9.17, 15) is 14.9 Å². The number of rotatable bonds is 5. The number of hydrogen-bond donors (Lipinski definition) is 1. The van der Waals surface area contributed by atoms with Gasteiger partial charge >= 0.3 is 0 Å². The molecule has 1 fully saturated rings. The molecule has 0 bridgehead atoms. The van der Waals surface area contributed by atoms with Gasteiger partial charge in [-0.05, 0) is 57.5 Å². The van der Waals surface area contributed by atoms with Crippen molar-refractivity contribution in [1.82, 2.24) is 14.8 Å². The molecule has 1 aliphatic heterocycles. The second kappa shape index (κ2) is 8.85. The van der Waals surface area contributed by atoms with Crippen LogP contribution in [0.4, 0.5) is 0 Å². The Morgan fingerprint density at radius 2 is 1.96 bits per heavy atom. The molecule has 0 spiro atoms. The summed E-state index contributed by atoms with van der Waals surface area (Å²) in [5, 5.41) is 9.27. The van der Waals surface area contributed by atoms with Crippen LogP contribution in [0.3, 0.4) is 0 Å². The van der Waals surface area contributed by atoms with Gasteiger partial charge in [0.2, 0.25) is 0 Å². The molecule has 0 aliphatic carbocycles. The number of H-pyrrole nitrogens is 1. The number of aromatic amines is 1. The van der Waals surface area contributed by atoms with Crippen molar-refractivity contribution in [3.8, 4) is 6.07 Å². The van der Waals surface area contributed by atoms with Crippen molar-refractivity contribution >= 4 is 5.91 Å². The lowest BCUT2D eigenvalue weighted by Gasteiger charge is -2.37. The van der Waals surface area contributed by atoms with Crippen LogP contribution < -0.4 is 5.56 Å².